The SMILES string of the molecule is CC(C)n1nc(COCC(=O)N(C)C)c2c1CN(C(=O)c1csnn1)CC2. The van der Waals surface area contributed by atoms with Crippen molar-refractivity contribution in [2.24, 2.45) is 0 Å². The van der Waals surface area contributed by atoms with E-state index in [9.17, 15) is 9.59 Å². The van der Waals surface area contributed by atoms with Crippen LogP contribution in [0.25, 0.3) is 0 Å². The molecular formula is C17H24N6O3S. The predicted octanol–water partition coefficient (Wildman–Crippen LogP) is 1.12. The molecule has 0 saturated carbocycles. The fraction of sp³-hybridized carbons (Fsp3) is 0.588. The number of fused-ring (bicyclic) bond motifs is 1. The lowest BCUT2D eigenvalue weighted by Crippen LogP contribution is -2.37. The lowest BCUT2D eigenvalue weighted by molar-refractivity contribution is -0.134. The molecule has 10 heteroatoms. The maximum atomic E-state index is 12.6. The van der Waals surface area contributed by atoms with E-state index in [0.29, 0.717) is 25.2 Å². The maximum absolute atomic E-state index is 12.6. The van der Waals surface area contributed by atoms with E-state index >= 15 is 0 Å². The topological polar surface area (TPSA) is 93.5 Å². The summed E-state index contributed by atoms with van der Waals surface area (Å²) >= 11 is 1.17. The molecule has 0 spiro atoms. The monoisotopic (exact) mass is 392 g/mol. The lowest BCUT2D eigenvalue weighted by atomic mass is 10.0. The molecule has 3 rings (SSSR count). The van der Waals surface area contributed by atoms with Gasteiger partial charge in [-0.3, -0.25) is 14.3 Å². The third-order valence-electron chi connectivity index (χ3n) is 4.49. The second-order valence-corrected chi connectivity index (χ2v) is 7.57. The highest BCUT2D eigenvalue weighted by molar-refractivity contribution is 7.03. The first kappa shape index (κ1) is 19.4. The van der Waals surface area contributed by atoms with Gasteiger partial charge in [-0.2, -0.15) is 5.10 Å². The van der Waals surface area contributed by atoms with Gasteiger partial charge in [0.1, 0.15) is 6.61 Å². The van der Waals surface area contributed by atoms with E-state index in [1.165, 1.54) is 16.4 Å². The molecule has 0 aliphatic carbocycles. The Labute approximate surface area is 162 Å². The van der Waals surface area contributed by atoms with E-state index in [-0.39, 0.29) is 31.1 Å². The van der Waals surface area contributed by atoms with Crippen LogP contribution in [-0.4, -0.2) is 68.2 Å². The zero-order chi connectivity index (χ0) is 19.6. The molecule has 2 aromatic heterocycles. The molecule has 0 saturated heterocycles. The zero-order valence-electron chi connectivity index (χ0n) is 16.0. The van der Waals surface area contributed by atoms with E-state index in [4.69, 9.17) is 9.84 Å². The molecule has 0 bridgehead atoms. The highest BCUT2D eigenvalue weighted by Gasteiger charge is 2.29. The number of amides is 2. The molecule has 0 atom stereocenters. The van der Waals surface area contributed by atoms with Crippen LogP contribution in [0, 0.1) is 0 Å². The van der Waals surface area contributed by atoms with Crippen LogP contribution in [0.2, 0.25) is 0 Å². The molecule has 0 radical (unpaired) electrons. The third kappa shape index (κ3) is 4.16. The summed E-state index contributed by atoms with van der Waals surface area (Å²) in [5.74, 6) is -0.193. The quantitative estimate of drug-likeness (QED) is 0.731. The summed E-state index contributed by atoms with van der Waals surface area (Å²) in [6, 6.07) is 0.159. The number of carbonyl (C=O) groups excluding carboxylic acids is 2. The second kappa shape index (κ2) is 8.13. The van der Waals surface area contributed by atoms with Crippen LogP contribution in [0.1, 0.15) is 47.3 Å². The minimum absolute atomic E-state index is 0.0255. The van der Waals surface area contributed by atoms with Gasteiger partial charge >= 0.3 is 0 Å². The van der Waals surface area contributed by atoms with Gasteiger partial charge in [0.05, 0.1) is 24.5 Å². The van der Waals surface area contributed by atoms with Gasteiger partial charge < -0.3 is 14.5 Å². The number of hydrogen-bond donors (Lipinski definition) is 0. The molecule has 3 heterocycles. The fourth-order valence-electron chi connectivity index (χ4n) is 3.02. The van der Waals surface area contributed by atoms with Crippen LogP contribution < -0.4 is 0 Å². The first-order chi connectivity index (χ1) is 12.9. The molecule has 0 unspecified atom stereocenters. The van der Waals surface area contributed by atoms with Crippen LogP contribution in [0.3, 0.4) is 0 Å². The zero-order valence-corrected chi connectivity index (χ0v) is 16.8. The van der Waals surface area contributed by atoms with Crippen molar-refractivity contribution in [1.29, 1.82) is 0 Å². The first-order valence-corrected chi connectivity index (χ1v) is 9.65. The number of likely N-dealkylation sites (N-methyl/N-ethyl adjacent to an activating group) is 1. The maximum Gasteiger partial charge on any atom is 0.275 e. The molecule has 1 aliphatic rings. The minimum atomic E-state index is -0.111. The van der Waals surface area contributed by atoms with Crippen molar-refractivity contribution in [3.8, 4) is 0 Å². The number of aromatic nitrogens is 4. The van der Waals surface area contributed by atoms with E-state index in [1.807, 2.05) is 4.68 Å². The van der Waals surface area contributed by atoms with Crippen LogP contribution >= 0.6 is 11.5 Å². The van der Waals surface area contributed by atoms with Crippen LogP contribution in [-0.2, 0) is 29.1 Å². The summed E-state index contributed by atoms with van der Waals surface area (Å²) in [6.45, 7) is 5.49. The van der Waals surface area contributed by atoms with Crippen molar-refractivity contribution >= 4 is 23.3 Å². The number of carbonyl (C=O) groups is 2. The Hall–Kier alpha value is -2.33. The molecule has 9 nitrogen and oxygen atoms in total. The summed E-state index contributed by atoms with van der Waals surface area (Å²) in [6.07, 6.45) is 0.700. The molecular weight excluding hydrogens is 368 g/mol. The Morgan fingerprint density at radius 2 is 2.15 bits per heavy atom. The molecule has 2 amide bonds. The smallest absolute Gasteiger partial charge is 0.275 e. The fourth-order valence-corrected chi connectivity index (χ4v) is 3.45. The van der Waals surface area contributed by atoms with Gasteiger partial charge in [-0.1, -0.05) is 4.49 Å². The van der Waals surface area contributed by atoms with Gasteiger partial charge in [0.2, 0.25) is 5.91 Å². The van der Waals surface area contributed by atoms with E-state index in [1.54, 1.807) is 24.4 Å². The Morgan fingerprint density at radius 3 is 2.78 bits per heavy atom. The lowest BCUT2D eigenvalue weighted by Gasteiger charge is -2.28. The molecule has 146 valence electrons. The van der Waals surface area contributed by atoms with Gasteiger partial charge in [-0.25, -0.2) is 0 Å². The highest BCUT2D eigenvalue weighted by Crippen LogP contribution is 2.26. The third-order valence-corrected chi connectivity index (χ3v) is 5.00. The van der Waals surface area contributed by atoms with Gasteiger partial charge in [-0.15, -0.1) is 5.10 Å². The van der Waals surface area contributed by atoms with Crippen molar-refractivity contribution in [1.82, 2.24) is 29.2 Å². The number of nitrogens with zero attached hydrogens (tertiary/aromatic N) is 6. The highest BCUT2D eigenvalue weighted by atomic mass is 32.1. The van der Waals surface area contributed by atoms with Crippen LogP contribution in [0.5, 0.6) is 0 Å². The van der Waals surface area contributed by atoms with Crippen molar-refractivity contribution in [3.63, 3.8) is 0 Å². The summed E-state index contributed by atoms with van der Waals surface area (Å²) in [5, 5.41) is 10.2. The number of rotatable bonds is 6. The standard InChI is InChI=1S/C17H24N6O3S/c1-11(2)23-15-7-22(17(25)14-10-27-20-18-14)6-5-12(15)13(19-23)8-26-9-16(24)21(3)4/h10-11H,5-9H2,1-4H3. The van der Waals surface area contributed by atoms with Crippen molar-refractivity contribution in [2.45, 2.75) is 39.5 Å². The van der Waals surface area contributed by atoms with Crippen molar-refractivity contribution < 1.29 is 14.3 Å². The Kier molecular flexibility index (Phi) is 5.85. The molecule has 0 aromatic carbocycles. The number of ether oxygens (including phenoxy) is 1. The Balaban J connectivity index is 1.76. The molecule has 0 fully saturated rings. The Morgan fingerprint density at radius 1 is 1.37 bits per heavy atom. The van der Waals surface area contributed by atoms with Gasteiger partial charge in [-0.05, 0) is 31.8 Å². The summed E-state index contributed by atoms with van der Waals surface area (Å²) < 4.78 is 11.3. The van der Waals surface area contributed by atoms with E-state index < -0.39 is 0 Å². The largest absolute Gasteiger partial charge is 0.365 e. The number of hydrogen-bond acceptors (Lipinski definition) is 7. The van der Waals surface area contributed by atoms with Crippen molar-refractivity contribution in [2.75, 3.05) is 27.2 Å². The molecule has 27 heavy (non-hydrogen) atoms. The van der Waals surface area contributed by atoms with E-state index in [0.717, 1.165) is 17.0 Å². The average Bonchev–Trinajstić information content (AvgIpc) is 3.28. The normalized spacial score (nSPS) is 13.7. The molecule has 0 N–H and O–H groups in total. The summed E-state index contributed by atoms with van der Waals surface area (Å²) in [4.78, 5) is 27.6. The van der Waals surface area contributed by atoms with Gasteiger partial charge in [0, 0.05) is 37.6 Å². The molecule has 1 aliphatic heterocycles. The second-order valence-electron chi connectivity index (χ2n) is 6.96. The first-order valence-electron chi connectivity index (χ1n) is 8.81. The van der Waals surface area contributed by atoms with Gasteiger partial charge in [0.25, 0.3) is 5.91 Å². The van der Waals surface area contributed by atoms with E-state index in [2.05, 4.69) is 23.4 Å². The predicted molar refractivity (Wildman–Crippen MR) is 99.3 cm³/mol. The molecule has 2 aromatic rings. The Bertz CT molecular complexity index is 815. The van der Waals surface area contributed by atoms with Crippen LogP contribution in [0.4, 0.5) is 0 Å². The summed E-state index contributed by atoms with van der Waals surface area (Å²) in [5.41, 5.74) is 3.35. The van der Waals surface area contributed by atoms with Gasteiger partial charge in [0.15, 0.2) is 5.69 Å². The minimum Gasteiger partial charge on any atom is -0.365 e. The summed E-state index contributed by atoms with van der Waals surface area (Å²) in [7, 11) is 3.40. The van der Waals surface area contributed by atoms with Crippen molar-refractivity contribution in [3.05, 3.63) is 28.0 Å². The van der Waals surface area contributed by atoms with Crippen LogP contribution in [0.15, 0.2) is 5.38 Å². The average molecular weight is 392 g/mol.